The molecule has 1 aromatic rings. The molecule has 0 unspecified atom stereocenters. The van der Waals surface area contributed by atoms with Crippen molar-refractivity contribution in [2.75, 3.05) is 6.54 Å². The van der Waals surface area contributed by atoms with E-state index in [0.717, 1.165) is 0 Å². The van der Waals surface area contributed by atoms with Gasteiger partial charge in [0.15, 0.2) is 0 Å². The number of carbonyl (C=O) groups excluding carboxylic acids is 2. The Labute approximate surface area is 108 Å². The zero-order chi connectivity index (χ0) is 13.1. The minimum Gasteiger partial charge on any atom is -0.278 e. The fourth-order valence-corrected chi connectivity index (χ4v) is 1.99. The van der Waals surface area contributed by atoms with Crippen molar-refractivity contribution in [1.29, 1.82) is 0 Å². The van der Waals surface area contributed by atoms with Crippen molar-refractivity contribution in [2.45, 2.75) is 12.8 Å². The number of amides is 2. The normalized spacial score (nSPS) is 14.5. The van der Waals surface area contributed by atoms with E-state index in [4.69, 9.17) is 17.1 Å². The van der Waals surface area contributed by atoms with E-state index in [9.17, 15) is 9.59 Å². The molecule has 1 aliphatic rings. The van der Waals surface area contributed by atoms with Crippen molar-refractivity contribution in [2.24, 2.45) is 5.11 Å². The molecule has 2 amide bonds. The Hall–Kier alpha value is -2.04. The summed E-state index contributed by atoms with van der Waals surface area (Å²) < 4.78 is 0. The van der Waals surface area contributed by atoms with E-state index < -0.39 is 5.91 Å². The van der Waals surface area contributed by atoms with Gasteiger partial charge in [0.2, 0.25) is 5.91 Å². The van der Waals surface area contributed by atoms with Crippen LogP contribution in [0.4, 0.5) is 5.69 Å². The Bertz CT molecular complexity index is 566. The molecule has 1 aliphatic heterocycles. The Morgan fingerprint density at radius 3 is 2.89 bits per heavy atom. The molecule has 1 saturated heterocycles. The molecule has 0 bridgehead atoms. The minimum atomic E-state index is -0.448. The van der Waals surface area contributed by atoms with Crippen LogP contribution in [-0.4, -0.2) is 23.3 Å². The van der Waals surface area contributed by atoms with Gasteiger partial charge >= 0.3 is 0 Å². The van der Waals surface area contributed by atoms with Gasteiger partial charge < -0.3 is 0 Å². The average molecular weight is 265 g/mol. The maximum atomic E-state index is 12.1. The highest BCUT2D eigenvalue weighted by Crippen LogP contribution is 2.26. The first-order chi connectivity index (χ1) is 8.63. The van der Waals surface area contributed by atoms with Gasteiger partial charge in [-0.3, -0.25) is 14.5 Å². The quantitative estimate of drug-likeness (QED) is 0.356. The van der Waals surface area contributed by atoms with E-state index >= 15 is 0 Å². The number of hydrogen-bond donors (Lipinski definition) is 0. The summed E-state index contributed by atoms with van der Waals surface area (Å²) in [6.07, 6.45) is 1.03. The van der Waals surface area contributed by atoms with Gasteiger partial charge in [0.1, 0.15) is 0 Å². The maximum absolute atomic E-state index is 12.1. The fourth-order valence-electron chi connectivity index (χ4n) is 1.82. The molecule has 1 heterocycles. The number of carbonyl (C=O) groups is 2. The summed E-state index contributed by atoms with van der Waals surface area (Å²) in [6.45, 7) is 0.399. The molecule has 6 nitrogen and oxygen atoms in total. The molecule has 0 aliphatic carbocycles. The van der Waals surface area contributed by atoms with Gasteiger partial charge in [-0.25, -0.2) is 0 Å². The summed E-state index contributed by atoms with van der Waals surface area (Å²) >= 11 is 5.77. The molecule has 7 heteroatoms. The van der Waals surface area contributed by atoms with Crippen LogP contribution in [0.2, 0.25) is 5.02 Å². The number of halogens is 1. The number of nitrogens with zero attached hydrogens (tertiary/aromatic N) is 4. The molecule has 0 atom stereocenters. The highest BCUT2D eigenvalue weighted by atomic mass is 35.5. The van der Waals surface area contributed by atoms with Gasteiger partial charge in [-0.05, 0) is 30.2 Å². The number of likely N-dealkylation sites (tertiary alicyclic amines) is 1. The first kappa shape index (κ1) is 12.4. The Morgan fingerprint density at radius 2 is 2.28 bits per heavy atom. The van der Waals surface area contributed by atoms with E-state index in [1.54, 1.807) is 0 Å². The Morgan fingerprint density at radius 1 is 1.50 bits per heavy atom. The molecule has 1 fully saturated rings. The van der Waals surface area contributed by atoms with E-state index in [-0.39, 0.29) is 17.2 Å². The zero-order valence-corrected chi connectivity index (χ0v) is 10.1. The SMILES string of the molecule is [N-]=[N+]=Nc1cc(Cl)ccc1C(=O)N1CCCC1=O. The minimum absolute atomic E-state index is 0.134. The summed E-state index contributed by atoms with van der Waals surface area (Å²) in [5.74, 6) is -0.654. The molecule has 2 rings (SSSR count). The van der Waals surface area contributed by atoms with Gasteiger partial charge in [-0.15, -0.1) is 0 Å². The van der Waals surface area contributed by atoms with Crippen LogP contribution in [0.15, 0.2) is 23.3 Å². The molecule has 92 valence electrons. The average Bonchev–Trinajstić information content (AvgIpc) is 2.75. The molecule has 18 heavy (non-hydrogen) atoms. The molecule has 0 saturated carbocycles. The molecule has 1 aromatic carbocycles. The molecule has 0 aromatic heterocycles. The summed E-state index contributed by atoms with van der Waals surface area (Å²) in [4.78, 5) is 27.5. The van der Waals surface area contributed by atoms with Crippen LogP contribution in [0.25, 0.3) is 10.4 Å². The van der Waals surface area contributed by atoms with Crippen LogP contribution >= 0.6 is 11.6 Å². The lowest BCUT2D eigenvalue weighted by Crippen LogP contribution is -2.31. The molecular weight excluding hydrogens is 256 g/mol. The number of rotatable bonds is 2. The fraction of sp³-hybridized carbons (Fsp3) is 0.273. The monoisotopic (exact) mass is 264 g/mol. The number of benzene rings is 1. The number of hydrogen-bond acceptors (Lipinski definition) is 3. The first-order valence-electron chi connectivity index (χ1n) is 5.33. The van der Waals surface area contributed by atoms with Gasteiger partial charge in [0.05, 0.1) is 5.69 Å². The van der Waals surface area contributed by atoms with E-state index in [1.165, 1.54) is 23.1 Å². The van der Waals surface area contributed by atoms with Gasteiger partial charge in [-0.1, -0.05) is 16.7 Å². The summed E-state index contributed by atoms with van der Waals surface area (Å²) in [7, 11) is 0. The largest absolute Gasteiger partial charge is 0.278 e. The van der Waals surface area contributed by atoms with Gasteiger partial charge in [0, 0.05) is 28.5 Å². The lowest BCUT2D eigenvalue weighted by atomic mass is 10.1. The predicted molar refractivity (Wildman–Crippen MR) is 65.5 cm³/mol. The van der Waals surface area contributed by atoms with E-state index in [1.807, 2.05) is 0 Å². The van der Waals surface area contributed by atoms with Crippen LogP contribution in [0, 0.1) is 0 Å². The standard InChI is InChI=1S/C11H9ClN4O2/c12-7-3-4-8(9(6-7)14-15-13)11(18)16-5-1-2-10(16)17/h3-4,6H,1-2,5H2. The second-order valence-electron chi connectivity index (χ2n) is 3.80. The lowest BCUT2D eigenvalue weighted by Gasteiger charge is -2.14. The van der Waals surface area contributed by atoms with Crippen molar-refractivity contribution in [3.63, 3.8) is 0 Å². The number of imide groups is 1. The summed E-state index contributed by atoms with van der Waals surface area (Å²) in [5.41, 5.74) is 8.78. The van der Waals surface area contributed by atoms with Crippen LogP contribution in [0.5, 0.6) is 0 Å². The van der Waals surface area contributed by atoms with Crippen molar-refractivity contribution in [3.05, 3.63) is 39.2 Å². The smallest absolute Gasteiger partial charge is 0.260 e. The molecular formula is C11H9ClN4O2. The first-order valence-corrected chi connectivity index (χ1v) is 5.70. The molecule has 0 radical (unpaired) electrons. The third-order valence-corrected chi connectivity index (χ3v) is 2.90. The van der Waals surface area contributed by atoms with Crippen molar-refractivity contribution in [1.82, 2.24) is 4.90 Å². The highest BCUT2D eigenvalue weighted by molar-refractivity contribution is 6.31. The highest BCUT2D eigenvalue weighted by Gasteiger charge is 2.28. The number of azide groups is 1. The summed E-state index contributed by atoms with van der Waals surface area (Å²) in [6, 6.07) is 4.38. The second-order valence-corrected chi connectivity index (χ2v) is 4.24. The third kappa shape index (κ3) is 2.30. The Kier molecular flexibility index (Phi) is 3.50. The van der Waals surface area contributed by atoms with Crippen molar-refractivity contribution in [3.8, 4) is 0 Å². The van der Waals surface area contributed by atoms with Gasteiger partial charge in [0.25, 0.3) is 5.91 Å². The van der Waals surface area contributed by atoms with Crippen molar-refractivity contribution < 1.29 is 9.59 Å². The van der Waals surface area contributed by atoms with Crippen LogP contribution in [0.1, 0.15) is 23.2 Å². The van der Waals surface area contributed by atoms with Crippen LogP contribution in [0.3, 0.4) is 0 Å². The maximum Gasteiger partial charge on any atom is 0.260 e. The lowest BCUT2D eigenvalue weighted by molar-refractivity contribution is -0.125. The van der Waals surface area contributed by atoms with E-state index in [2.05, 4.69) is 10.0 Å². The van der Waals surface area contributed by atoms with Crippen molar-refractivity contribution >= 4 is 29.1 Å². The second kappa shape index (κ2) is 5.08. The van der Waals surface area contributed by atoms with Crippen LogP contribution in [-0.2, 0) is 4.79 Å². The third-order valence-electron chi connectivity index (χ3n) is 2.66. The molecule has 0 spiro atoms. The zero-order valence-electron chi connectivity index (χ0n) is 9.34. The topological polar surface area (TPSA) is 86.1 Å². The van der Waals surface area contributed by atoms with Crippen LogP contribution < -0.4 is 0 Å². The van der Waals surface area contributed by atoms with Gasteiger partial charge in [-0.2, -0.15) is 0 Å². The predicted octanol–water partition coefficient (Wildman–Crippen LogP) is 3.04. The molecule has 0 N–H and O–H groups in total. The van der Waals surface area contributed by atoms with E-state index in [0.29, 0.717) is 24.4 Å². The summed E-state index contributed by atoms with van der Waals surface area (Å²) in [5, 5.41) is 3.78. The Balaban J connectivity index is 2.41.